The van der Waals surface area contributed by atoms with E-state index >= 15 is 0 Å². The molecule has 1 amide bonds. The van der Waals surface area contributed by atoms with E-state index in [-0.39, 0.29) is 12.5 Å². The Hall–Kier alpha value is -1.03. The first-order chi connectivity index (χ1) is 6.59. The van der Waals surface area contributed by atoms with Crippen molar-refractivity contribution in [3.05, 3.63) is 21.7 Å². The molecule has 1 N–H and O–H groups in total. The van der Waals surface area contributed by atoms with Gasteiger partial charge in [0.1, 0.15) is 5.75 Å². The van der Waals surface area contributed by atoms with Crippen molar-refractivity contribution in [3.8, 4) is 5.75 Å². The van der Waals surface area contributed by atoms with Crippen LogP contribution in [0.25, 0.3) is 0 Å². The molecule has 0 saturated carbocycles. The lowest BCUT2D eigenvalue weighted by Crippen LogP contribution is -2.26. The SMILES string of the molecule is Cc1c(Br)cc2c(c1C)OCC(=O)N2. The Morgan fingerprint density at radius 2 is 2.14 bits per heavy atom. The molecule has 1 aromatic carbocycles. The predicted octanol–water partition coefficient (Wildman–Crippen LogP) is 2.40. The van der Waals surface area contributed by atoms with Crippen molar-refractivity contribution < 1.29 is 9.53 Å². The molecule has 1 aliphatic rings. The van der Waals surface area contributed by atoms with E-state index in [1.807, 2.05) is 19.9 Å². The molecule has 14 heavy (non-hydrogen) atoms. The normalized spacial score (nSPS) is 14.4. The van der Waals surface area contributed by atoms with Crippen molar-refractivity contribution in [2.24, 2.45) is 0 Å². The van der Waals surface area contributed by atoms with Gasteiger partial charge in [-0.3, -0.25) is 4.79 Å². The maximum Gasteiger partial charge on any atom is 0.262 e. The van der Waals surface area contributed by atoms with E-state index in [9.17, 15) is 4.79 Å². The van der Waals surface area contributed by atoms with Crippen LogP contribution in [0.5, 0.6) is 5.75 Å². The topological polar surface area (TPSA) is 38.3 Å². The van der Waals surface area contributed by atoms with Crippen molar-refractivity contribution in [1.82, 2.24) is 0 Å². The summed E-state index contributed by atoms with van der Waals surface area (Å²) in [5.74, 6) is 0.679. The van der Waals surface area contributed by atoms with Gasteiger partial charge >= 0.3 is 0 Å². The molecule has 1 aromatic rings. The third-order valence-corrected chi connectivity index (χ3v) is 3.22. The Kier molecular flexibility index (Phi) is 2.23. The Balaban J connectivity index is 2.59. The molecule has 0 saturated heterocycles. The number of nitrogens with one attached hydrogen (secondary N) is 1. The first-order valence-corrected chi connectivity index (χ1v) is 5.11. The van der Waals surface area contributed by atoms with E-state index < -0.39 is 0 Å². The first-order valence-electron chi connectivity index (χ1n) is 4.32. The van der Waals surface area contributed by atoms with Crippen LogP contribution in [-0.4, -0.2) is 12.5 Å². The van der Waals surface area contributed by atoms with Crippen LogP contribution in [0.4, 0.5) is 5.69 Å². The van der Waals surface area contributed by atoms with Gasteiger partial charge in [0.15, 0.2) is 6.61 Å². The number of fused-ring (bicyclic) bond motifs is 1. The summed E-state index contributed by atoms with van der Waals surface area (Å²) in [6.07, 6.45) is 0. The number of hydrogen-bond acceptors (Lipinski definition) is 2. The van der Waals surface area contributed by atoms with Gasteiger partial charge in [0.25, 0.3) is 5.91 Å². The fourth-order valence-electron chi connectivity index (χ4n) is 1.45. The molecule has 3 nitrogen and oxygen atoms in total. The van der Waals surface area contributed by atoms with E-state index in [0.29, 0.717) is 0 Å². The van der Waals surface area contributed by atoms with Crippen molar-refractivity contribution >= 4 is 27.5 Å². The zero-order chi connectivity index (χ0) is 10.3. The molecule has 0 radical (unpaired) electrons. The number of benzene rings is 1. The highest BCUT2D eigenvalue weighted by Gasteiger charge is 2.19. The van der Waals surface area contributed by atoms with Crippen molar-refractivity contribution in [3.63, 3.8) is 0 Å². The van der Waals surface area contributed by atoms with Gasteiger partial charge in [-0.1, -0.05) is 15.9 Å². The molecular weight excluding hydrogens is 246 g/mol. The van der Waals surface area contributed by atoms with E-state index in [1.165, 1.54) is 0 Å². The van der Waals surface area contributed by atoms with Gasteiger partial charge in [0.05, 0.1) is 5.69 Å². The Bertz CT molecular complexity index is 415. The molecule has 4 heteroatoms. The molecule has 0 aromatic heterocycles. The summed E-state index contributed by atoms with van der Waals surface area (Å²) in [4.78, 5) is 11.1. The van der Waals surface area contributed by atoms with Crippen molar-refractivity contribution in [2.75, 3.05) is 11.9 Å². The second kappa shape index (κ2) is 3.28. The van der Waals surface area contributed by atoms with Gasteiger partial charge in [-0.15, -0.1) is 0 Å². The average molecular weight is 256 g/mol. The minimum absolute atomic E-state index is 0.104. The maximum absolute atomic E-state index is 11.1. The third kappa shape index (κ3) is 1.39. The van der Waals surface area contributed by atoms with Crippen molar-refractivity contribution in [2.45, 2.75) is 13.8 Å². The molecule has 2 rings (SSSR count). The molecule has 0 atom stereocenters. The van der Waals surface area contributed by atoms with Gasteiger partial charge in [-0.2, -0.15) is 0 Å². The van der Waals surface area contributed by atoms with Gasteiger partial charge in [-0.25, -0.2) is 0 Å². The molecule has 0 aliphatic carbocycles. The summed E-state index contributed by atoms with van der Waals surface area (Å²) in [5, 5.41) is 2.77. The van der Waals surface area contributed by atoms with Crippen LogP contribution in [0.2, 0.25) is 0 Å². The van der Waals surface area contributed by atoms with Gasteiger partial charge in [0, 0.05) is 4.47 Å². The van der Waals surface area contributed by atoms with E-state index in [0.717, 1.165) is 27.0 Å². The van der Waals surface area contributed by atoms with Crippen LogP contribution in [0.3, 0.4) is 0 Å². The van der Waals surface area contributed by atoms with Crippen LogP contribution in [-0.2, 0) is 4.79 Å². The summed E-state index contributed by atoms with van der Waals surface area (Å²) >= 11 is 3.44. The molecule has 0 spiro atoms. The number of ether oxygens (including phenoxy) is 1. The minimum Gasteiger partial charge on any atom is -0.481 e. The summed E-state index contributed by atoms with van der Waals surface area (Å²) in [6.45, 7) is 4.10. The lowest BCUT2D eigenvalue weighted by molar-refractivity contribution is -0.118. The smallest absolute Gasteiger partial charge is 0.262 e. The zero-order valence-electron chi connectivity index (χ0n) is 7.98. The number of rotatable bonds is 0. The molecule has 74 valence electrons. The highest BCUT2D eigenvalue weighted by Crippen LogP contribution is 2.37. The first kappa shape index (κ1) is 9.52. The van der Waals surface area contributed by atoms with Gasteiger partial charge < -0.3 is 10.1 Å². The summed E-state index contributed by atoms with van der Waals surface area (Å²) in [7, 11) is 0. The quantitative estimate of drug-likeness (QED) is 0.774. The standard InChI is InChI=1S/C10H10BrNO2/c1-5-6(2)10-8(3-7(5)11)12-9(13)4-14-10/h3H,4H2,1-2H3,(H,12,13). The average Bonchev–Trinajstić information content (AvgIpc) is 2.14. The number of carbonyl (C=O) groups is 1. The number of hydrogen-bond donors (Lipinski definition) is 1. The van der Waals surface area contributed by atoms with Crippen LogP contribution < -0.4 is 10.1 Å². The lowest BCUT2D eigenvalue weighted by atomic mass is 10.1. The van der Waals surface area contributed by atoms with Crippen LogP contribution >= 0.6 is 15.9 Å². The number of amides is 1. The second-order valence-corrected chi connectivity index (χ2v) is 4.18. The zero-order valence-corrected chi connectivity index (χ0v) is 9.56. The number of halogens is 1. The summed E-state index contributed by atoms with van der Waals surface area (Å²) < 4.78 is 6.36. The van der Waals surface area contributed by atoms with Crippen LogP contribution in [0.15, 0.2) is 10.5 Å². The van der Waals surface area contributed by atoms with Crippen LogP contribution in [0.1, 0.15) is 11.1 Å². The highest BCUT2D eigenvalue weighted by atomic mass is 79.9. The van der Waals surface area contributed by atoms with E-state index in [1.54, 1.807) is 0 Å². The fourth-order valence-corrected chi connectivity index (χ4v) is 1.98. The lowest BCUT2D eigenvalue weighted by Gasteiger charge is -2.21. The molecular formula is C10H10BrNO2. The second-order valence-electron chi connectivity index (χ2n) is 3.32. The Morgan fingerprint density at radius 3 is 2.86 bits per heavy atom. The number of carbonyl (C=O) groups excluding carboxylic acids is 1. The maximum atomic E-state index is 11.1. The molecule has 0 fully saturated rings. The number of anilines is 1. The van der Waals surface area contributed by atoms with Crippen LogP contribution in [0, 0.1) is 13.8 Å². The summed E-state index contributed by atoms with van der Waals surface area (Å²) in [5.41, 5.74) is 2.95. The highest BCUT2D eigenvalue weighted by molar-refractivity contribution is 9.10. The fraction of sp³-hybridized carbons (Fsp3) is 0.300. The minimum atomic E-state index is -0.104. The molecule has 1 heterocycles. The van der Waals surface area contributed by atoms with E-state index in [4.69, 9.17) is 4.74 Å². The Morgan fingerprint density at radius 1 is 1.43 bits per heavy atom. The molecule has 0 unspecified atom stereocenters. The van der Waals surface area contributed by atoms with E-state index in [2.05, 4.69) is 21.2 Å². The third-order valence-electron chi connectivity index (χ3n) is 2.40. The predicted molar refractivity (Wildman–Crippen MR) is 57.7 cm³/mol. The molecule has 1 aliphatic heterocycles. The Labute approximate surface area is 90.6 Å². The van der Waals surface area contributed by atoms with Gasteiger partial charge in [-0.05, 0) is 31.0 Å². The monoisotopic (exact) mass is 255 g/mol. The largest absolute Gasteiger partial charge is 0.481 e. The molecule has 0 bridgehead atoms. The van der Waals surface area contributed by atoms with Crippen molar-refractivity contribution in [1.29, 1.82) is 0 Å². The summed E-state index contributed by atoms with van der Waals surface area (Å²) in [6, 6.07) is 1.87. The van der Waals surface area contributed by atoms with Gasteiger partial charge in [0.2, 0.25) is 0 Å².